The molecule has 0 radical (unpaired) electrons. The molecule has 1 fully saturated rings. The number of rotatable bonds is 5. The third kappa shape index (κ3) is 2.75. The molecule has 1 aliphatic carbocycles. The number of benzene rings is 1. The van der Waals surface area contributed by atoms with Crippen LogP contribution in [0, 0.1) is 11.8 Å². The van der Waals surface area contributed by atoms with Gasteiger partial charge in [-0.15, -0.1) is 0 Å². The third-order valence-electron chi connectivity index (χ3n) is 2.72. The Bertz CT molecular complexity index is 347. The molecule has 3 heteroatoms. The summed E-state index contributed by atoms with van der Waals surface area (Å²) >= 11 is 0. The van der Waals surface area contributed by atoms with Crippen LogP contribution in [-0.2, 0) is 9.53 Å². The number of carbonyl (C=O) groups excluding carboxylic acids is 1. The topological polar surface area (TPSA) is 35.5 Å². The maximum atomic E-state index is 11.3. The van der Waals surface area contributed by atoms with Gasteiger partial charge in [-0.1, -0.05) is 18.2 Å². The van der Waals surface area contributed by atoms with E-state index in [0.29, 0.717) is 19.1 Å². The molecule has 2 rings (SSSR count). The summed E-state index contributed by atoms with van der Waals surface area (Å²) in [5.41, 5.74) is 0. The summed E-state index contributed by atoms with van der Waals surface area (Å²) in [5, 5.41) is 0. The van der Waals surface area contributed by atoms with Crippen molar-refractivity contribution in [3.05, 3.63) is 30.3 Å². The summed E-state index contributed by atoms with van der Waals surface area (Å²) in [6, 6.07) is 9.66. The second kappa shape index (κ2) is 5.01. The summed E-state index contributed by atoms with van der Waals surface area (Å²) in [5.74, 6) is 1.17. The van der Waals surface area contributed by atoms with Crippen LogP contribution in [0.25, 0.3) is 0 Å². The van der Waals surface area contributed by atoms with Crippen molar-refractivity contribution in [2.45, 2.75) is 13.3 Å². The average molecular weight is 220 g/mol. The molecule has 0 aromatic heterocycles. The number of hydrogen-bond donors (Lipinski definition) is 0. The first kappa shape index (κ1) is 11.0. The molecule has 86 valence electrons. The molecule has 1 saturated carbocycles. The van der Waals surface area contributed by atoms with Crippen LogP contribution < -0.4 is 4.74 Å². The molecule has 1 aromatic carbocycles. The van der Waals surface area contributed by atoms with Crippen LogP contribution in [0.4, 0.5) is 0 Å². The lowest BCUT2D eigenvalue weighted by Gasteiger charge is -2.05. The van der Waals surface area contributed by atoms with Crippen LogP contribution in [0.1, 0.15) is 13.3 Å². The minimum atomic E-state index is -0.0795. The molecule has 1 aliphatic rings. The third-order valence-corrected chi connectivity index (χ3v) is 2.72. The number of para-hydroxylation sites is 1. The quantitative estimate of drug-likeness (QED) is 0.714. The fraction of sp³-hybridized carbons (Fsp3) is 0.462. The van der Waals surface area contributed by atoms with Gasteiger partial charge in [0.1, 0.15) is 5.75 Å². The molecule has 0 heterocycles. The van der Waals surface area contributed by atoms with Gasteiger partial charge < -0.3 is 9.47 Å². The minimum absolute atomic E-state index is 0.0589. The Balaban J connectivity index is 1.72. The lowest BCUT2D eigenvalue weighted by atomic mass is 10.3. The van der Waals surface area contributed by atoms with Crippen LogP contribution in [0.15, 0.2) is 30.3 Å². The predicted octanol–water partition coefficient (Wildman–Crippen LogP) is 2.26. The van der Waals surface area contributed by atoms with Gasteiger partial charge in [0.15, 0.2) is 0 Å². The van der Waals surface area contributed by atoms with Crippen LogP contribution in [0.5, 0.6) is 5.75 Å². The van der Waals surface area contributed by atoms with Gasteiger partial charge in [0.25, 0.3) is 0 Å². The van der Waals surface area contributed by atoms with Gasteiger partial charge in [0, 0.05) is 5.92 Å². The largest absolute Gasteiger partial charge is 0.493 e. The molecule has 16 heavy (non-hydrogen) atoms. The Hall–Kier alpha value is -1.51. The van der Waals surface area contributed by atoms with Crippen molar-refractivity contribution in [3.8, 4) is 5.75 Å². The Morgan fingerprint density at radius 2 is 2.12 bits per heavy atom. The molecule has 0 unspecified atom stereocenters. The van der Waals surface area contributed by atoms with Crippen LogP contribution in [0.3, 0.4) is 0 Å². The van der Waals surface area contributed by atoms with Crippen molar-refractivity contribution in [1.29, 1.82) is 0 Å². The molecule has 0 saturated heterocycles. The van der Waals surface area contributed by atoms with E-state index in [9.17, 15) is 4.79 Å². The number of carbonyl (C=O) groups is 1. The van der Waals surface area contributed by atoms with E-state index < -0.39 is 0 Å². The van der Waals surface area contributed by atoms with E-state index in [1.54, 1.807) is 0 Å². The molecule has 3 nitrogen and oxygen atoms in total. The van der Waals surface area contributed by atoms with E-state index >= 15 is 0 Å². The molecule has 0 spiro atoms. The summed E-state index contributed by atoms with van der Waals surface area (Å²) in [6.45, 7) is 2.89. The van der Waals surface area contributed by atoms with E-state index in [2.05, 4.69) is 0 Å². The van der Waals surface area contributed by atoms with Gasteiger partial charge >= 0.3 is 5.97 Å². The number of hydrogen-bond acceptors (Lipinski definition) is 3. The lowest BCUT2D eigenvalue weighted by Crippen LogP contribution is -2.10. The van der Waals surface area contributed by atoms with Gasteiger partial charge in [-0.05, 0) is 25.5 Å². The number of ether oxygens (including phenoxy) is 2. The first-order valence-corrected chi connectivity index (χ1v) is 5.65. The second-order valence-corrected chi connectivity index (χ2v) is 3.98. The Kier molecular flexibility index (Phi) is 3.44. The molecule has 0 aliphatic heterocycles. The molecule has 0 N–H and O–H groups in total. The molecular formula is C13H16O3. The highest BCUT2D eigenvalue weighted by Crippen LogP contribution is 2.39. The van der Waals surface area contributed by atoms with Crippen molar-refractivity contribution in [3.63, 3.8) is 0 Å². The average Bonchev–Trinajstić information content (AvgIpc) is 3.08. The fourth-order valence-electron chi connectivity index (χ4n) is 1.69. The summed E-state index contributed by atoms with van der Waals surface area (Å²) in [4.78, 5) is 11.3. The van der Waals surface area contributed by atoms with Crippen LogP contribution >= 0.6 is 0 Å². The van der Waals surface area contributed by atoms with Gasteiger partial charge in [-0.25, -0.2) is 0 Å². The second-order valence-electron chi connectivity index (χ2n) is 3.98. The highest BCUT2D eigenvalue weighted by molar-refractivity contribution is 5.75. The van der Waals surface area contributed by atoms with Crippen molar-refractivity contribution in [2.24, 2.45) is 11.8 Å². The molecule has 1 aromatic rings. The Labute approximate surface area is 95.4 Å². The normalized spacial score (nSPS) is 22.6. The Morgan fingerprint density at radius 3 is 2.81 bits per heavy atom. The van der Waals surface area contributed by atoms with Crippen molar-refractivity contribution >= 4 is 5.97 Å². The zero-order chi connectivity index (χ0) is 11.4. The zero-order valence-electron chi connectivity index (χ0n) is 9.39. The maximum absolute atomic E-state index is 11.3. The first-order valence-electron chi connectivity index (χ1n) is 5.65. The van der Waals surface area contributed by atoms with E-state index in [0.717, 1.165) is 12.2 Å². The molecule has 0 bridgehead atoms. The molecule has 0 amide bonds. The van der Waals surface area contributed by atoms with Crippen LogP contribution in [-0.4, -0.2) is 19.2 Å². The highest BCUT2D eigenvalue weighted by atomic mass is 16.5. The van der Waals surface area contributed by atoms with E-state index in [4.69, 9.17) is 9.47 Å². The fourth-order valence-corrected chi connectivity index (χ4v) is 1.69. The Morgan fingerprint density at radius 1 is 1.38 bits per heavy atom. The highest BCUT2D eigenvalue weighted by Gasteiger charge is 2.44. The standard InChI is InChI=1S/C13H16O3/c1-2-15-13(14)12-8-10(12)9-16-11-6-4-3-5-7-11/h3-7,10,12H,2,8-9H2,1H3/t10-,12+/m0/s1. The minimum Gasteiger partial charge on any atom is -0.493 e. The maximum Gasteiger partial charge on any atom is 0.309 e. The monoisotopic (exact) mass is 220 g/mol. The lowest BCUT2D eigenvalue weighted by molar-refractivity contribution is -0.145. The zero-order valence-corrected chi connectivity index (χ0v) is 9.39. The molecule has 2 atom stereocenters. The first-order chi connectivity index (χ1) is 7.81. The van der Waals surface area contributed by atoms with Crippen LogP contribution in [0.2, 0.25) is 0 Å². The van der Waals surface area contributed by atoms with Gasteiger partial charge in [0.05, 0.1) is 19.1 Å². The van der Waals surface area contributed by atoms with Crippen molar-refractivity contribution in [1.82, 2.24) is 0 Å². The SMILES string of the molecule is CCOC(=O)[C@@H]1C[C@H]1COc1ccccc1. The summed E-state index contributed by atoms with van der Waals surface area (Å²) in [7, 11) is 0. The van der Waals surface area contributed by atoms with E-state index in [-0.39, 0.29) is 11.9 Å². The van der Waals surface area contributed by atoms with Gasteiger partial charge in [0.2, 0.25) is 0 Å². The van der Waals surface area contributed by atoms with Gasteiger partial charge in [-0.2, -0.15) is 0 Å². The smallest absolute Gasteiger partial charge is 0.309 e. The summed E-state index contributed by atoms with van der Waals surface area (Å²) < 4.78 is 10.5. The molecular weight excluding hydrogens is 204 g/mol. The van der Waals surface area contributed by atoms with Gasteiger partial charge in [-0.3, -0.25) is 4.79 Å². The predicted molar refractivity (Wildman–Crippen MR) is 60.2 cm³/mol. The summed E-state index contributed by atoms with van der Waals surface area (Å²) in [6.07, 6.45) is 0.895. The van der Waals surface area contributed by atoms with Crippen molar-refractivity contribution in [2.75, 3.05) is 13.2 Å². The van der Waals surface area contributed by atoms with Crippen molar-refractivity contribution < 1.29 is 14.3 Å². The number of esters is 1. The van der Waals surface area contributed by atoms with E-state index in [1.165, 1.54) is 0 Å². The van der Waals surface area contributed by atoms with E-state index in [1.807, 2.05) is 37.3 Å².